The van der Waals surface area contributed by atoms with Gasteiger partial charge in [-0.25, -0.2) is 4.68 Å². The molecule has 2 rings (SSSR count). The molecule has 0 radical (unpaired) electrons. The van der Waals surface area contributed by atoms with E-state index in [2.05, 4.69) is 5.10 Å². The zero-order chi connectivity index (χ0) is 14.2. The molecule has 0 saturated carbocycles. The van der Waals surface area contributed by atoms with E-state index in [1.807, 2.05) is 13.8 Å². The van der Waals surface area contributed by atoms with Crippen molar-refractivity contribution < 1.29 is 13.2 Å². The minimum atomic E-state index is -4.32. The number of hydrogen-bond acceptors (Lipinski definition) is 1. The van der Waals surface area contributed by atoms with Crippen molar-refractivity contribution in [3.63, 3.8) is 0 Å². The molecular weight excluding hydrogens is 277 g/mol. The number of alkyl halides is 4. The van der Waals surface area contributed by atoms with Gasteiger partial charge in [0.2, 0.25) is 0 Å². The highest BCUT2D eigenvalue weighted by molar-refractivity contribution is 6.17. The molecule has 0 amide bonds. The van der Waals surface area contributed by atoms with Gasteiger partial charge in [-0.15, -0.1) is 11.6 Å². The third-order valence-corrected chi connectivity index (χ3v) is 3.28. The van der Waals surface area contributed by atoms with Gasteiger partial charge >= 0.3 is 6.18 Å². The van der Waals surface area contributed by atoms with Crippen LogP contribution in [0.25, 0.3) is 5.69 Å². The van der Waals surface area contributed by atoms with Crippen LogP contribution in [0.15, 0.2) is 24.3 Å². The van der Waals surface area contributed by atoms with Gasteiger partial charge in [0.25, 0.3) is 0 Å². The first-order valence-electron chi connectivity index (χ1n) is 5.63. The number of hydrogen-bond donors (Lipinski definition) is 0. The van der Waals surface area contributed by atoms with Gasteiger partial charge in [0.15, 0.2) is 0 Å². The summed E-state index contributed by atoms with van der Waals surface area (Å²) in [6.07, 6.45) is -4.32. The smallest absolute Gasteiger partial charge is 0.238 e. The second kappa shape index (κ2) is 4.89. The third-order valence-electron chi connectivity index (χ3n) is 3.01. The summed E-state index contributed by atoms with van der Waals surface area (Å²) in [5, 5.41) is 4.29. The number of halogens is 4. The molecule has 0 fully saturated rings. The molecule has 0 saturated heterocycles. The van der Waals surface area contributed by atoms with E-state index >= 15 is 0 Å². The Morgan fingerprint density at radius 3 is 2.16 bits per heavy atom. The molecule has 0 aliphatic heterocycles. The normalized spacial score (nSPS) is 11.9. The Morgan fingerprint density at radius 2 is 1.74 bits per heavy atom. The van der Waals surface area contributed by atoms with Gasteiger partial charge in [0.1, 0.15) is 0 Å². The van der Waals surface area contributed by atoms with Crippen LogP contribution in [-0.2, 0) is 12.1 Å². The van der Waals surface area contributed by atoms with E-state index in [4.69, 9.17) is 11.6 Å². The molecule has 0 N–H and O–H groups in total. The Bertz CT molecular complexity index is 585. The van der Waals surface area contributed by atoms with E-state index in [1.165, 1.54) is 12.1 Å². The average molecular weight is 289 g/mol. The SMILES string of the molecule is Cc1nn(-c2ccc(C(F)(F)F)cc2)c(C)c1CCl. The average Bonchev–Trinajstić information content (AvgIpc) is 2.63. The van der Waals surface area contributed by atoms with Crippen LogP contribution in [0.5, 0.6) is 0 Å². The molecular formula is C13H12ClF3N2. The van der Waals surface area contributed by atoms with E-state index in [-0.39, 0.29) is 0 Å². The van der Waals surface area contributed by atoms with Crippen molar-refractivity contribution >= 4 is 11.6 Å². The Labute approximate surface area is 113 Å². The van der Waals surface area contributed by atoms with Crippen molar-refractivity contribution in [2.45, 2.75) is 25.9 Å². The zero-order valence-electron chi connectivity index (χ0n) is 10.4. The minimum Gasteiger partial charge on any atom is -0.238 e. The topological polar surface area (TPSA) is 17.8 Å². The van der Waals surface area contributed by atoms with Gasteiger partial charge < -0.3 is 0 Å². The molecule has 1 aromatic carbocycles. The van der Waals surface area contributed by atoms with Crippen molar-refractivity contribution in [2.24, 2.45) is 0 Å². The Kier molecular flexibility index (Phi) is 3.58. The molecule has 2 nitrogen and oxygen atoms in total. The van der Waals surface area contributed by atoms with Crippen molar-refractivity contribution in [2.75, 3.05) is 0 Å². The van der Waals surface area contributed by atoms with Crippen LogP contribution < -0.4 is 0 Å². The fourth-order valence-electron chi connectivity index (χ4n) is 1.91. The Hall–Kier alpha value is -1.49. The maximum atomic E-state index is 12.5. The Morgan fingerprint density at radius 1 is 1.16 bits per heavy atom. The highest BCUT2D eigenvalue weighted by Gasteiger charge is 2.30. The van der Waals surface area contributed by atoms with E-state index < -0.39 is 11.7 Å². The summed E-state index contributed by atoms with van der Waals surface area (Å²) in [5.41, 5.74) is 2.45. The summed E-state index contributed by atoms with van der Waals surface area (Å²) in [7, 11) is 0. The lowest BCUT2D eigenvalue weighted by Crippen LogP contribution is -2.06. The summed E-state index contributed by atoms with van der Waals surface area (Å²) in [6.45, 7) is 3.67. The number of aromatic nitrogens is 2. The molecule has 102 valence electrons. The van der Waals surface area contributed by atoms with Gasteiger partial charge in [0.05, 0.1) is 22.8 Å². The van der Waals surface area contributed by atoms with Gasteiger partial charge in [-0.1, -0.05) is 0 Å². The molecule has 6 heteroatoms. The quantitative estimate of drug-likeness (QED) is 0.756. The number of rotatable bonds is 2. The Balaban J connectivity index is 2.43. The van der Waals surface area contributed by atoms with E-state index in [0.29, 0.717) is 11.6 Å². The zero-order valence-corrected chi connectivity index (χ0v) is 11.2. The van der Waals surface area contributed by atoms with E-state index in [1.54, 1.807) is 4.68 Å². The summed E-state index contributed by atoms with van der Waals surface area (Å²) < 4.78 is 39.1. The molecule has 1 aromatic heterocycles. The van der Waals surface area contributed by atoms with Crippen molar-refractivity contribution in [1.29, 1.82) is 0 Å². The van der Waals surface area contributed by atoms with Crippen LogP contribution in [0.2, 0.25) is 0 Å². The van der Waals surface area contributed by atoms with E-state index in [9.17, 15) is 13.2 Å². The molecule has 1 heterocycles. The molecule has 0 bridgehead atoms. The number of nitrogens with zero attached hydrogens (tertiary/aromatic N) is 2. The van der Waals surface area contributed by atoms with Gasteiger partial charge in [-0.05, 0) is 38.1 Å². The summed E-state index contributed by atoms with van der Waals surface area (Å²) >= 11 is 5.82. The summed E-state index contributed by atoms with van der Waals surface area (Å²) in [5.74, 6) is 0.332. The maximum Gasteiger partial charge on any atom is 0.416 e. The predicted molar refractivity (Wildman–Crippen MR) is 67.6 cm³/mol. The van der Waals surface area contributed by atoms with Gasteiger partial charge in [-0.3, -0.25) is 0 Å². The van der Waals surface area contributed by atoms with Crippen LogP contribution in [0.4, 0.5) is 13.2 Å². The van der Waals surface area contributed by atoms with Gasteiger partial charge in [-0.2, -0.15) is 18.3 Å². The lowest BCUT2D eigenvalue weighted by atomic mass is 10.2. The first-order chi connectivity index (χ1) is 8.84. The first-order valence-corrected chi connectivity index (χ1v) is 6.16. The van der Waals surface area contributed by atoms with Crippen LogP contribution in [0.3, 0.4) is 0 Å². The second-order valence-electron chi connectivity index (χ2n) is 4.24. The third kappa shape index (κ3) is 2.61. The predicted octanol–water partition coefficient (Wildman–Crippen LogP) is 4.25. The van der Waals surface area contributed by atoms with Gasteiger partial charge in [0, 0.05) is 11.3 Å². The van der Waals surface area contributed by atoms with E-state index in [0.717, 1.165) is 29.1 Å². The molecule has 0 aliphatic rings. The molecule has 19 heavy (non-hydrogen) atoms. The van der Waals surface area contributed by atoms with Crippen LogP contribution in [0, 0.1) is 13.8 Å². The number of aryl methyl sites for hydroxylation is 1. The highest BCUT2D eigenvalue weighted by Crippen LogP contribution is 2.30. The molecule has 2 aromatic rings. The van der Waals surface area contributed by atoms with Crippen molar-refractivity contribution in [3.8, 4) is 5.69 Å². The lowest BCUT2D eigenvalue weighted by molar-refractivity contribution is -0.137. The fourth-order valence-corrected chi connectivity index (χ4v) is 2.30. The first kappa shape index (κ1) is 13.9. The molecule has 0 unspecified atom stereocenters. The van der Waals surface area contributed by atoms with Crippen LogP contribution >= 0.6 is 11.6 Å². The van der Waals surface area contributed by atoms with Crippen LogP contribution in [0.1, 0.15) is 22.5 Å². The minimum absolute atomic E-state index is 0.332. The number of benzene rings is 1. The highest BCUT2D eigenvalue weighted by atomic mass is 35.5. The molecule has 0 aliphatic carbocycles. The summed E-state index contributed by atoms with van der Waals surface area (Å²) in [4.78, 5) is 0. The second-order valence-corrected chi connectivity index (χ2v) is 4.51. The summed E-state index contributed by atoms with van der Waals surface area (Å²) in [6, 6.07) is 4.90. The van der Waals surface area contributed by atoms with Crippen molar-refractivity contribution in [3.05, 3.63) is 46.8 Å². The maximum absolute atomic E-state index is 12.5. The largest absolute Gasteiger partial charge is 0.416 e. The molecule has 0 atom stereocenters. The van der Waals surface area contributed by atoms with Crippen LogP contribution in [-0.4, -0.2) is 9.78 Å². The monoisotopic (exact) mass is 288 g/mol. The lowest BCUT2D eigenvalue weighted by Gasteiger charge is -2.09. The molecule has 0 spiro atoms. The fraction of sp³-hybridized carbons (Fsp3) is 0.308. The standard InChI is InChI=1S/C13H12ClF3N2/c1-8-12(7-14)9(2)19(18-8)11-5-3-10(4-6-11)13(15,16)17/h3-6H,7H2,1-2H3. The van der Waals surface area contributed by atoms with Crippen molar-refractivity contribution in [1.82, 2.24) is 9.78 Å².